The van der Waals surface area contributed by atoms with E-state index < -0.39 is 11.7 Å². The fraction of sp³-hybridized carbons (Fsp3) is 0.300. The molecular formula is C30H29F3N4. The molecule has 0 aliphatic rings. The van der Waals surface area contributed by atoms with Crippen LogP contribution in [0.5, 0.6) is 0 Å². The van der Waals surface area contributed by atoms with Crippen LogP contribution in [0, 0.1) is 18.4 Å². The first-order valence-corrected chi connectivity index (χ1v) is 12.3. The highest BCUT2D eigenvalue weighted by molar-refractivity contribution is 5.72. The normalized spacial score (nSPS) is 11.8. The predicted molar refractivity (Wildman–Crippen MR) is 141 cm³/mol. The van der Waals surface area contributed by atoms with Gasteiger partial charge in [0.2, 0.25) is 0 Å². The van der Waals surface area contributed by atoms with Gasteiger partial charge in [-0.25, -0.2) is 4.85 Å². The van der Waals surface area contributed by atoms with Gasteiger partial charge in [0, 0.05) is 11.1 Å². The molecule has 0 aliphatic carbocycles. The summed E-state index contributed by atoms with van der Waals surface area (Å²) in [7, 11) is 0. The highest BCUT2D eigenvalue weighted by Gasteiger charge is 2.35. The third-order valence-corrected chi connectivity index (χ3v) is 6.03. The molecular weight excluding hydrogens is 473 g/mol. The molecule has 7 heteroatoms. The molecule has 1 heterocycles. The number of aromatic nitrogens is 3. The van der Waals surface area contributed by atoms with Gasteiger partial charge in [-0.15, -0.1) is 10.2 Å². The number of alkyl halides is 3. The van der Waals surface area contributed by atoms with E-state index in [-0.39, 0.29) is 23.2 Å². The van der Waals surface area contributed by atoms with Crippen LogP contribution < -0.4 is 0 Å². The Hall–Kier alpha value is -3.92. The number of hydrogen-bond donors (Lipinski definition) is 0. The smallest absolute Gasteiger partial charge is 0.275 e. The van der Waals surface area contributed by atoms with Gasteiger partial charge in [-0.1, -0.05) is 88.4 Å². The van der Waals surface area contributed by atoms with Crippen LogP contribution in [0.4, 0.5) is 18.9 Å². The van der Waals surface area contributed by atoms with Crippen molar-refractivity contribution in [3.8, 4) is 28.5 Å². The zero-order chi connectivity index (χ0) is 26.7. The molecule has 0 saturated carbocycles. The molecule has 0 fully saturated rings. The van der Waals surface area contributed by atoms with Crippen LogP contribution in [0.1, 0.15) is 44.4 Å². The maximum absolute atomic E-state index is 14.1. The van der Waals surface area contributed by atoms with Crippen LogP contribution in [0.3, 0.4) is 0 Å². The summed E-state index contributed by atoms with van der Waals surface area (Å²) in [5.41, 5.74) is 2.99. The number of benzene rings is 3. The van der Waals surface area contributed by atoms with Gasteiger partial charge < -0.3 is 0 Å². The second-order valence-electron chi connectivity index (χ2n) is 10.0. The van der Waals surface area contributed by atoms with Crippen molar-refractivity contribution in [3.05, 3.63) is 94.8 Å². The quantitative estimate of drug-likeness (QED) is 0.237. The lowest BCUT2D eigenvalue weighted by molar-refractivity contribution is -0.137. The summed E-state index contributed by atoms with van der Waals surface area (Å²) in [6.45, 7) is 16.0. The number of halogens is 3. The molecule has 3 aromatic carbocycles. The maximum atomic E-state index is 14.1. The molecule has 4 rings (SSSR count). The molecule has 0 unspecified atom stereocenters. The summed E-state index contributed by atoms with van der Waals surface area (Å²) >= 11 is 0. The average molecular weight is 503 g/mol. The molecule has 190 valence electrons. The van der Waals surface area contributed by atoms with E-state index in [4.69, 9.17) is 6.57 Å². The summed E-state index contributed by atoms with van der Waals surface area (Å²) in [6, 6.07) is 18.5. The van der Waals surface area contributed by atoms with E-state index in [9.17, 15) is 13.2 Å². The Balaban J connectivity index is 2.14. The van der Waals surface area contributed by atoms with Crippen molar-refractivity contribution in [1.82, 2.24) is 14.8 Å². The molecule has 0 bridgehead atoms. The van der Waals surface area contributed by atoms with Gasteiger partial charge in [0.15, 0.2) is 17.3 Å². The third-order valence-electron chi connectivity index (χ3n) is 6.03. The first kappa shape index (κ1) is 26.2. The van der Waals surface area contributed by atoms with Crippen molar-refractivity contribution in [3.63, 3.8) is 0 Å². The van der Waals surface area contributed by atoms with Crippen molar-refractivity contribution in [1.29, 1.82) is 0 Å². The summed E-state index contributed by atoms with van der Waals surface area (Å²) in [4.78, 5) is 3.70. The molecule has 1 aromatic heterocycles. The minimum Gasteiger partial charge on any atom is -0.275 e. The summed E-state index contributed by atoms with van der Waals surface area (Å²) < 4.78 is 44.1. The first-order valence-electron chi connectivity index (χ1n) is 12.3. The molecule has 0 spiro atoms. The van der Waals surface area contributed by atoms with E-state index in [1.807, 2.05) is 42.5 Å². The van der Waals surface area contributed by atoms with Crippen LogP contribution in [-0.2, 0) is 19.0 Å². The SMILES string of the molecule is [C-]#[N+]c1cc(CC(C)C)c(-n2c(-c3ccccc3)nnc2-c2ccccc2C(F)(F)F)c(CC(C)C)c1. The Morgan fingerprint density at radius 1 is 0.811 bits per heavy atom. The number of rotatable bonds is 7. The van der Waals surface area contributed by atoms with Gasteiger partial charge in [-0.3, -0.25) is 4.57 Å². The number of hydrogen-bond acceptors (Lipinski definition) is 2. The highest BCUT2D eigenvalue weighted by atomic mass is 19.4. The zero-order valence-corrected chi connectivity index (χ0v) is 21.3. The van der Waals surface area contributed by atoms with Gasteiger partial charge in [0.05, 0.1) is 17.8 Å². The van der Waals surface area contributed by atoms with E-state index in [1.165, 1.54) is 12.1 Å². The third kappa shape index (κ3) is 5.59. The molecule has 4 aromatic rings. The fourth-order valence-corrected chi connectivity index (χ4v) is 4.65. The number of nitrogens with zero attached hydrogens (tertiary/aromatic N) is 4. The van der Waals surface area contributed by atoms with E-state index in [0.29, 0.717) is 24.4 Å². The Labute approximate surface area is 215 Å². The molecule has 4 nitrogen and oxygen atoms in total. The largest absolute Gasteiger partial charge is 0.417 e. The van der Waals surface area contributed by atoms with Gasteiger partial charge >= 0.3 is 6.18 Å². The van der Waals surface area contributed by atoms with Crippen LogP contribution >= 0.6 is 0 Å². The average Bonchev–Trinajstić information content (AvgIpc) is 3.27. The molecule has 0 amide bonds. The van der Waals surface area contributed by atoms with Crippen LogP contribution in [0.15, 0.2) is 66.7 Å². The Kier molecular flexibility index (Phi) is 7.49. The van der Waals surface area contributed by atoms with E-state index in [2.05, 4.69) is 42.7 Å². The highest BCUT2D eigenvalue weighted by Crippen LogP contribution is 2.40. The lowest BCUT2D eigenvalue weighted by atomic mass is 9.92. The van der Waals surface area contributed by atoms with E-state index in [0.717, 1.165) is 28.4 Å². The Bertz CT molecular complexity index is 1400. The molecule has 0 N–H and O–H groups in total. The second-order valence-corrected chi connectivity index (χ2v) is 10.0. The van der Waals surface area contributed by atoms with Crippen LogP contribution in [0.25, 0.3) is 33.3 Å². The van der Waals surface area contributed by atoms with Crippen LogP contribution in [0.2, 0.25) is 0 Å². The molecule has 0 aliphatic heterocycles. The van der Waals surface area contributed by atoms with Crippen molar-refractivity contribution < 1.29 is 13.2 Å². The molecule has 0 atom stereocenters. The van der Waals surface area contributed by atoms with Crippen molar-refractivity contribution >= 4 is 5.69 Å². The van der Waals surface area contributed by atoms with Gasteiger partial charge in [0.25, 0.3) is 0 Å². The summed E-state index contributed by atoms with van der Waals surface area (Å²) in [5.74, 6) is 1.10. The van der Waals surface area contributed by atoms with Crippen molar-refractivity contribution in [2.75, 3.05) is 0 Å². The lowest BCUT2D eigenvalue weighted by Gasteiger charge is -2.23. The van der Waals surface area contributed by atoms with Gasteiger partial charge in [-0.05, 0) is 41.9 Å². The summed E-state index contributed by atoms with van der Waals surface area (Å²) in [5, 5.41) is 8.78. The summed E-state index contributed by atoms with van der Waals surface area (Å²) in [6.07, 6.45) is -3.26. The predicted octanol–water partition coefficient (Wildman–Crippen LogP) is 8.57. The Morgan fingerprint density at radius 2 is 1.35 bits per heavy atom. The minimum absolute atomic E-state index is 0.0371. The van der Waals surface area contributed by atoms with E-state index in [1.54, 1.807) is 10.6 Å². The molecule has 0 saturated heterocycles. The maximum Gasteiger partial charge on any atom is 0.417 e. The van der Waals surface area contributed by atoms with Gasteiger partial charge in [0.1, 0.15) is 0 Å². The van der Waals surface area contributed by atoms with Gasteiger partial charge in [-0.2, -0.15) is 13.2 Å². The zero-order valence-electron chi connectivity index (χ0n) is 21.3. The topological polar surface area (TPSA) is 35.1 Å². The van der Waals surface area contributed by atoms with Crippen molar-refractivity contribution in [2.45, 2.75) is 46.7 Å². The van der Waals surface area contributed by atoms with Crippen molar-refractivity contribution in [2.24, 2.45) is 11.8 Å². The lowest BCUT2D eigenvalue weighted by Crippen LogP contribution is -2.13. The monoisotopic (exact) mass is 502 g/mol. The second kappa shape index (κ2) is 10.6. The minimum atomic E-state index is -4.56. The Morgan fingerprint density at radius 3 is 1.89 bits per heavy atom. The first-order chi connectivity index (χ1) is 17.6. The molecule has 0 radical (unpaired) electrons. The fourth-order valence-electron chi connectivity index (χ4n) is 4.65. The van der Waals surface area contributed by atoms with Crippen LogP contribution in [-0.4, -0.2) is 14.8 Å². The molecule has 37 heavy (non-hydrogen) atoms. The standard InChI is InChI=1S/C30H29F3N4/c1-19(2)15-22-17-24(34-5)18-23(16-20(3)4)27(22)37-28(21-11-7-6-8-12-21)35-36-29(37)25-13-9-10-14-26(25)30(31,32)33/h6-14,17-20H,15-16H2,1-4H3. The van der Waals surface area contributed by atoms with E-state index >= 15 is 0 Å².